The fourth-order valence-corrected chi connectivity index (χ4v) is 3.84. The average Bonchev–Trinajstić information content (AvgIpc) is 2.73. The van der Waals surface area contributed by atoms with E-state index < -0.39 is 0 Å². The molecule has 0 unspecified atom stereocenters. The Labute approximate surface area is 173 Å². The summed E-state index contributed by atoms with van der Waals surface area (Å²) >= 11 is 7.44. The van der Waals surface area contributed by atoms with Crippen molar-refractivity contribution in [3.05, 3.63) is 29.4 Å². The van der Waals surface area contributed by atoms with Crippen molar-refractivity contribution in [2.75, 3.05) is 43.3 Å². The third kappa shape index (κ3) is 5.20. The van der Waals surface area contributed by atoms with Crippen LogP contribution in [0, 0.1) is 0 Å². The largest absolute Gasteiger partial charge is 0.495 e. The average molecular weight is 423 g/mol. The summed E-state index contributed by atoms with van der Waals surface area (Å²) in [6, 6.07) is 5.16. The molecule has 1 aromatic carbocycles. The number of hydrogen-bond acceptors (Lipinski definition) is 7. The second-order valence-electron chi connectivity index (χ2n) is 6.27. The Hall–Kier alpha value is -2.19. The van der Waals surface area contributed by atoms with E-state index >= 15 is 0 Å². The first-order chi connectivity index (χ1) is 13.6. The number of ether oxygens (including phenoxy) is 2. The lowest BCUT2D eigenvalue weighted by atomic mass is 10.1. The van der Waals surface area contributed by atoms with E-state index in [1.165, 1.54) is 45.2 Å². The second kappa shape index (κ2) is 9.84. The highest BCUT2D eigenvalue weighted by Gasteiger charge is 2.15. The van der Waals surface area contributed by atoms with Crippen molar-refractivity contribution in [3.63, 3.8) is 0 Å². The number of rotatable bonds is 7. The number of carbonyl (C=O) groups excluding carboxylic acids is 1. The van der Waals surface area contributed by atoms with E-state index in [1.54, 1.807) is 18.3 Å². The molecule has 0 atom stereocenters. The highest BCUT2D eigenvalue weighted by molar-refractivity contribution is 7.99. The van der Waals surface area contributed by atoms with Gasteiger partial charge in [-0.1, -0.05) is 23.4 Å². The van der Waals surface area contributed by atoms with Crippen molar-refractivity contribution >= 4 is 40.8 Å². The predicted octanol–water partition coefficient (Wildman–Crippen LogP) is 3.87. The van der Waals surface area contributed by atoms with Crippen LogP contribution in [0.4, 0.5) is 11.5 Å². The maximum atomic E-state index is 12.4. The lowest BCUT2D eigenvalue weighted by Gasteiger charge is -2.27. The molecular weight excluding hydrogens is 400 g/mol. The number of nitrogens with zero attached hydrogens (tertiary/aromatic N) is 3. The maximum absolute atomic E-state index is 12.4. The molecule has 3 rings (SSSR count). The molecule has 2 aromatic rings. The van der Waals surface area contributed by atoms with Crippen LogP contribution in [-0.4, -0.2) is 48.9 Å². The SMILES string of the molecule is COc1cc(OC)c(NC(=O)CSc2nccc(N3CCCCC3)n2)cc1Cl. The zero-order chi connectivity index (χ0) is 19.9. The van der Waals surface area contributed by atoms with Gasteiger partial charge in [0.25, 0.3) is 0 Å². The second-order valence-corrected chi connectivity index (χ2v) is 7.62. The molecule has 0 spiro atoms. The van der Waals surface area contributed by atoms with Gasteiger partial charge in [0, 0.05) is 25.4 Å². The Morgan fingerprint density at radius 3 is 2.68 bits per heavy atom. The van der Waals surface area contributed by atoms with Crippen LogP contribution in [0.25, 0.3) is 0 Å². The van der Waals surface area contributed by atoms with Crippen LogP contribution in [0.2, 0.25) is 5.02 Å². The van der Waals surface area contributed by atoms with Gasteiger partial charge >= 0.3 is 0 Å². The van der Waals surface area contributed by atoms with Gasteiger partial charge in [0.1, 0.15) is 17.3 Å². The van der Waals surface area contributed by atoms with Gasteiger partial charge in [0.05, 0.1) is 30.7 Å². The summed E-state index contributed by atoms with van der Waals surface area (Å²) in [5.41, 5.74) is 0.488. The first-order valence-corrected chi connectivity index (χ1v) is 10.4. The lowest BCUT2D eigenvalue weighted by Crippen LogP contribution is -2.30. The van der Waals surface area contributed by atoms with Crippen LogP contribution in [-0.2, 0) is 4.79 Å². The topological polar surface area (TPSA) is 76.6 Å². The molecule has 0 aliphatic carbocycles. The summed E-state index contributed by atoms with van der Waals surface area (Å²) in [5.74, 6) is 1.85. The molecule has 1 fully saturated rings. The van der Waals surface area contributed by atoms with Crippen molar-refractivity contribution in [3.8, 4) is 11.5 Å². The molecule has 9 heteroatoms. The first kappa shape index (κ1) is 20.5. The summed E-state index contributed by atoms with van der Waals surface area (Å²) in [7, 11) is 3.04. The minimum Gasteiger partial charge on any atom is -0.495 e. The number of methoxy groups -OCH3 is 2. The summed E-state index contributed by atoms with van der Waals surface area (Å²) in [6.07, 6.45) is 5.37. The Morgan fingerprint density at radius 2 is 1.96 bits per heavy atom. The van der Waals surface area contributed by atoms with Gasteiger partial charge < -0.3 is 19.7 Å². The van der Waals surface area contributed by atoms with Gasteiger partial charge in [-0.05, 0) is 31.4 Å². The molecule has 1 amide bonds. The number of halogens is 1. The molecule has 1 aromatic heterocycles. The van der Waals surface area contributed by atoms with Gasteiger partial charge in [0.15, 0.2) is 5.16 Å². The van der Waals surface area contributed by atoms with Crippen LogP contribution in [0.3, 0.4) is 0 Å². The summed E-state index contributed by atoms with van der Waals surface area (Å²) in [6.45, 7) is 2.03. The normalized spacial score (nSPS) is 13.9. The van der Waals surface area contributed by atoms with Gasteiger partial charge in [-0.3, -0.25) is 4.79 Å². The first-order valence-electron chi connectivity index (χ1n) is 9.03. The third-order valence-electron chi connectivity index (χ3n) is 4.38. The molecule has 1 aliphatic heterocycles. The third-order valence-corrected chi connectivity index (χ3v) is 5.54. The van der Waals surface area contributed by atoms with Gasteiger partial charge in [-0.15, -0.1) is 0 Å². The lowest BCUT2D eigenvalue weighted by molar-refractivity contribution is -0.113. The van der Waals surface area contributed by atoms with Crippen LogP contribution in [0.5, 0.6) is 11.5 Å². The van der Waals surface area contributed by atoms with E-state index in [1.807, 2.05) is 6.07 Å². The quantitative estimate of drug-likeness (QED) is 0.536. The summed E-state index contributed by atoms with van der Waals surface area (Å²) in [4.78, 5) is 23.5. The maximum Gasteiger partial charge on any atom is 0.234 e. The molecule has 0 saturated carbocycles. The fourth-order valence-electron chi connectivity index (χ4n) is 2.97. The Kier molecular flexibility index (Phi) is 7.22. The van der Waals surface area contributed by atoms with Gasteiger partial charge in [-0.2, -0.15) is 0 Å². The number of carbonyl (C=O) groups is 1. The molecule has 0 bridgehead atoms. The number of thioether (sulfide) groups is 1. The standard InChI is InChI=1S/C19H23ClN4O3S/c1-26-15-11-16(27-2)14(10-13(15)20)22-18(25)12-28-19-21-7-6-17(23-19)24-8-4-3-5-9-24/h6-7,10-11H,3-5,8-9,12H2,1-2H3,(H,22,25). The smallest absolute Gasteiger partial charge is 0.234 e. The summed E-state index contributed by atoms with van der Waals surface area (Å²) in [5, 5.41) is 3.78. The number of benzene rings is 1. The molecule has 0 radical (unpaired) electrons. The number of nitrogens with one attached hydrogen (secondary N) is 1. The van der Waals surface area contributed by atoms with Crippen LogP contribution in [0.15, 0.2) is 29.6 Å². The predicted molar refractivity (Wildman–Crippen MR) is 112 cm³/mol. The van der Waals surface area contributed by atoms with Crippen LogP contribution >= 0.6 is 23.4 Å². The molecular formula is C19H23ClN4O3S. The number of hydrogen-bond donors (Lipinski definition) is 1. The zero-order valence-electron chi connectivity index (χ0n) is 15.9. The van der Waals surface area contributed by atoms with Crippen molar-refractivity contribution in [2.24, 2.45) is 0 Å². The monoisotopic (exact) mass is 422 g/mol. The Bertz CT molecular complexity index is 831. The van der Waals surface area contributed by atoms with E-state index in [9.17, 15) is 4.79 Å². The molecule has 2 heterocycles. The highest BCUT2D eigenvalue weighted by Crippen LogP contribution is 2.36. The minimum atomic E-state index is -0.198. The Morgan fingerprint density at radius 1 is 1.21 bits per heavy atom. The molecule has 7 nitrogen and oxygen atoms in total. The van der Waals surface area contributed by atoms with Crippen LogP contribution in [0.1, 0.15) is 19.3 Å². The molecule has 150 valence electrons. The van der Waals surface area contributed by atoms with Gasteiger partial charge in [0.2, 0.25) is 5.91 Å². The molecule has 1 aliphatic rings. The van der Waals surface area contributed by atoms with E-state index in [4.69, 9.17) is 21.1 Å². The molecule has 1 saturated heterocycles. The highest BCUT2D eigenvalue weighted by atomic mass is 35.5. The fraction of sp³-hybridized carbons (Fsp3) is 0.421. The van der Waals surface area contributed by atoms with Crippen molar-refractivity contribution in [1.82, 2.24) is 9.97 Å². The van der Waals surface area contributed by atoms with E-state index in [-0.39, 0.29) is 11.7 Å². The minimum absolute atomic E-state index is 0.177. The van der Waals surface area contributed by atoms with Crippen molar-refractivity contribution < 1.29 is 14.3 Å². The zero-order valence-corrected chi connectivity index (χ0v) is 17.5. The number of aromatic nitrogens is 2. The van der Waals surface area contributed by atoms with Crippen LogP contribution < -0.4 is 19.7 Å². The number of amides is 1. The molecule has 28 heavy (non-hydrogen) atoms. The Balaban J connectivity index is 1.61. The van der Waals surface area contributed by atoms with E-state index in [0.717, 1.165) is 18.9 Å². The van der Waals surface area contributed by atoms with E-state index in [2.05, 4.69) is 20.2 Å². The number of piperidine rings is 1. The van der Waals surface area contributed by atoms with Crippen molar-refractivity contribution in [2.45, 2.75) is 24.4 Å². The molecule has 1 N–H and O–H groups in total. The van der Waals surface area contributed by atoms with Crippen molar-refractivity contribution in [1.29, 1.82) is 0 Å². The summed E-state index contributed by atoms with van der Waals surface area (Å²) < 4.78 is 10.5. The van der Waals surface area contributed by atoms with Gasteiger partial charge in [-0.25, -0.2) is 9.97 Å². The van der Waals surface area contributed by atoms with E-state index in [0.29, 0.717) is 27.4 Å². The number of anilines is 2.